The number of pyridine rings is 2. The van der Waals surface area contributed by atoms with E-state index in [4.69, 9.17) is 15.1 Å². The van der Waals surface area contributed by atoms with Gasteiger partial charge in [-0.25, -0.2) is 9.67 Å². The molecule has 11 nitrogen and oxygen atoms in total. The molecule has 0 spiro atoms. The molecule has 0 aromatic carbocycles. The Morgan fingerprint density at radius 3 is 2.94 bits per heavy atom. The Balaban J connectivity index is 1.16. The summed E-state index contributed by atoms with van der Waals surface area (Å²) in [7, 11) is 0. The van der Waals surface area contributed by atoms with Gasteiger partial charge in [0.25, 0.3) is 0 Å². The molecule has 0 saturated heterocycles. The van der Waals surface area contributed by atoms with Gasteiger partial charge in [-0.2, -0.15) is 14.6 Å². The van der Waals surface area contributed by atoms with Gasteiger partial charge in [0.05, 0.1) is 29.9 Å². The van der Waals surface area contributed by atoms with Gasteiger partial charge in [0.15, 0.2) is 17.1 Å². The van der Waals surface area contributed by atoms with Crippen molar-refractivity contribution in [2.45, 2.75) is 19.5 Å². The average Bonchev–Trinajstić information content (AvgIpc) is 3.61. The van der Waals surface area contributed by atoms with E-state index in [9.17, 15) is 0 Å². The van der Waals surface area contributed by atoms with Crippen molar-refractivity contribution in [3.63, 3.8) is 0 Å². The van der Waals surface area contributed by atoms with Crippen molar-refractivity contribution in [3.8, 4) is 11.6 Å². The third-order valence-electron chi connectivity index (χ3n) is 6.31. The molecule has 7 rings (SSSR count). The van der Waals surface area contributed by atoms with Crippen LogP contribution in [0.5, 0.6) is 0 Å². The molecule has 1 aliphatic rings. The Labute approximate surface area is 192 Å². The highest BCUT2D eigenvalue weighted by Crippen LogP contribution is 2.25. The summed E-state index contributed by atoms with van der Waals surface area (Å²) in [4.78, 5) is 20.7. The standard InChI is InChI=1S/C23H20N10O/c24-23-29-21-16(22-28-20(30-33(22)23)19-2-1-9-34-19)12-26-32(21)8-7-31-6-4-18-15(13-31)10-14-11-25-5-3-17(14)27-18/h1-3,5,9-12H,4,6-8,13H2,(H2,24,29). The van der Waals surface area contributed by atoms with E-state index >= 15 is 0 Å². The maximum Gasteiger partial charge on any atom is 0.225 e. The average molecular weight is 452 g/mol. The molecular formula is C23H20N10O. The van der Waals surface area contributed by atoms with Crippen molar-refractivity contribution in [3.05, 3.63) is 60.4 Å². The summed E-state index contributed by atoms with van der Waals surface area (Å²) < 4.78 is 8.83. The number of anilines is 1. The van der Waals surface area contributed by atoms with Gasteiger partial charge in [-0.3, -0.25) is 14.9 Å². The van der Waals surface area contributed by atoms with Crippen LogP contribution in [-0.4, -0.2) is 57.3 Å². The number of aromatic nitrogens is 8. The predicted octanol–water partition coefficient (Wildman–Crippen LogP) is 2.32. The van der Waals surface area contributed by atoms with Crippen molar-refractivity contribution < 1.29 is 4.42 Å². The first-order valence-electron chi connectivity index (χ1n) is 11.1. The fraction of sp³-hybridized carbons (Fsp3) is 0.217. The molecule has 0 saturated carbocycles. The van der Waals surface area contributed by atoms with Crippen molar-refractivity contribution in [1.82, 2.24) is 44.2 Å². The Morgan fingerprint density at radius 2 is 2.03 bits per heavy atom. The molecule has 0 fully saturated rings. The van der Waals surface area contributed by atoms with E-state index in [-0.39, 0.29) is 5.95 Å². The Bertz CT molecular complexity index is 1670. The number of nitrogens with two attached hydrogens (primary N) is 1. The zero-order valence-corrected chi connectivity index (χ0v) is 18.2. The van der Waals surface area contributed by atoms with Crippen LogP contribution in [0.4, 0.5) is 5.95 Å². The molecule has 1 aliphatic heterocycles. The van der Waals surface area contributed by atoms with Gasteiger partial charge >= 0.3 is 0 Å². The van der Waals surface area contributed by atoms with E-state index in [0.717, 1.165) is 42.3 Å². The predicted molar refractivity (Wildman–Crippen MR) is 125 cm³/mol. The normalized spacial score (nSPS) is 14.4. The third kappa shape index (κ3) is 3.01. The molecule has 0 bridgehead atoms. The smallest absolute Gasteiger partial charge is 0.225 e. The van der Waals surface area contributed by atoms with Crippen molar-refractivity contribution in [2.24, 2.45) is 0 Å². The molecule has 6 aromatic rings. The lowest BCUT2D eigenvalue weighted by atomic mass is 10.0. The van der Waals surface area contributed by atoms with E-state index in [0.29, 0.717) is 29.4 Å². The van der Waals surface area contributed by atoms with Crippen molar-refractivity contribution in [1.29, 1.82) is 0 Å². The Hall–Kier alpha value is -4.38. The van der Waals surface area contributed by atoms with Crippen LogP contribution in [0.1, 0.15) is 11.3 Å². The van der Waals surface area contributed by atoms with E-state index in [2.05, 4.69) is 36.1 Å². The molecule has 0 radical (unpaired) electrons. The van der Waals surface area contributed by atoms with E-state index < -0.39 is 0 Å². The van der Waals surface area contributed by atoms with Crippen molar-refractivity contribution in [2.75, 3.05) is 18.8 Å². The zero-order chi connectivity index (χ0) is 22.6. The minimum absolute atomic E-state index is 0.257. The summed E-state index contributed by atoms with van der Waals surface area (Å²) in [5.41, 5.74) is 11.0. The summed E-state index contributed by atoms with van der Waals surface area (Å²) in [5, 5.41) is 10.9. The number of fused-ring (bicyclic) bond motifs is 5. The molecule has 7 heterocycles. The number of hydrogen-bond donors (Lipinski definition) is 1. The maximum atomic E-state index is 6.21. The van der Waals surface area contributed by atoms with Gasteiger partial charge in [-0.1, -0.05) is 0 Å². The quantitative estimate of drug-likeness (QED) is 0.428. The summed E-state index contributed by atoms with van der Waals surface area (Å²) >= 11 is 0. The highest BCUT2D eigenvalue weighted by Gasteiger charge is 2.20. The van der Waals surface area contributed by atoms with E-state index in [1.54, 1.807) is 24.7 Å². The fourth-order valence-electron chi connectivity index (χ4n) is 4.60. The molecule has 11 heteroatoms. The lowest BCUT2D eigenvalue weighted by Crippen LogP contribution is -2.33. The molecule has 0 amide bonds. The minimum Gasteiger partial charge on any atom is -0.461 e. The van der Waals surface area contributed by atoms with Crippen LogP contribution in [0.25, 0.3) is 39.2 Å². The topological polar surface area (TPSA) is 129 Å². The number of nitrogens with zero attached hydrogens (tertiary/aromatic N) is 9. The molecule has 168 valence electrons. The molecule has 0 unspecified atom stereocenters. The maximum absolute atomic E-state index is 6.21. The van der Waals surface area contributed by atoms with Gasteiger partial charge in [-0.05, 0) is 29.8 Å². The molecule has 6 aromatic heterocycles. The fourth-order valence-corrected chi connectivity index (χ4v) is 4.60. The summed E-state index contributed by atoms with van der Waals surface area (Å²) in [6.07, 6.45) is 7.94. The summed E-state index contributed by atoms with van der Waals surface area (Å²) in [6.45, 7) is 3.32. The third-order valence-corrected chi connectivity index (χ3v) is 6.31. The summed E-state index contributed by atoms with van der Waals surface area (Å²) in [5.74, 6) is 1.29. The molecular weight excluding hydrogens is 432 g/mol. The lowest BCUT2D eigenvalue weighted by Gasteiger charge is -2.28. The van der Waals surface area contributed by atoms with Gasteiger partial charge in [0.2, 0.25) is 11.8 Å². The highest BCUT2D eigenvalue weighted by atomic mass is 16.3. The molecule has 0 atom stereocenters. The Kier molecular flexibility index (Phi) is 4.12. The van der Waals surface area contributed by atoms with Crippen LogP contribution in [-0.2, 0) is 19.5 Å². The number of rotatable bonds is 4. The second-order valence-electron chi connectivity index (χ2n) is 8.41. The van der Waals surface area contributed by atoms with Crippen LogP contribution >= 0.6 is 0 Å². The Morgan fingerprint density at radius 1 is 1.06 bits per heavy atom. The van der Waals surface area contributed by atoms with Gasteiger partial charge in [-0.15, -0.1) is 5.10 Å². The molecule has 34 heavy (non-hydrogen) atoms. The van der Waals surface area contributed by atoms with Gasteiger partial charge in [0, 0.05) is 49.5 Å². The van der Waals surface area contributed by atoms with Crippen molar-refractivity contribution >= 4 is 33.5 Å². The second-order valence-corrected chi connectivity index (χ2v) is 8.41. The van der Waals surface area contributed by atoms with Crippen LogP contribution in [0.2, 0.25) is 0 Å². The molecule has 0 aliphatic carbocycles. The first kappa shape index (κ1) is 19.1. The van der Waals surface area contributed by atoms with E-state index in [1.165, 1.54) is 15.8 Å². The second kappa shape index (κ2) is 7.32. The van der Waals surface area contributed by atoms with Gasteiger partial charge < -0.3 is 10.2 Å². The SMILES string of the molecule is Nc1nc2c(cnn2CCN2CCc3nc4ccncc4cc3C2)c2nc(-c3ccco3)nn12. The minimum atomic E-state index is 0.257. The van der Waals surface area contributed by atoms with Gasteiger partial charge in [0.1, 0.15) is 0 Å². The number of nitrogen functional groups attached to an aromatic ring is 1. The highest BCUT2D eigenvalue weighted by molar-refractivity contribution is 5.90. The largest absolute Gasteiger partial charge is 0.461 e. The van der Waals surface area contributed by atoms with Crippen LogP contribution in [0.3, 0.4) is 0 Å². The summed E-state index contributed by atoms with van der Waals surface area (Å²) in [6, 6.07) is 7.78. The van der Waals surface area contributed by atoms with Crippen LogP contribution < -0.4 is 5.73 Å². The number of furan rings is 1. The first-order valence-corrected chi connectivity index (χ1v) is 11.1. The monoisotopic (exact) mass is 452 g/mol. The lowest BCUT2D eigenvalue weighted by molar-refractivity contribution is 0.240. The van der Waals surface area contributed by atoms with E-state index in [1.807, 2.05) is 23.0 Å². The molecule has 2 N–H and O–H groups in total. The number of hydrogen-bond acceptors (Lipinski definition) is 9. The van der Waals surface area contributed by atoms with Crippen LogP contribution in [0.15, 0.2) is 53.5 Å². The first-order chi connectivity index (χ1) is 16.7. The van der Waals surface area contributed by atoms with Crippen LogP contribution in [0, 0.1) is 0 Å². The zero-order valence-electron chi connectivity index (χ0n) is 18.2.